The quantitative estimate of drug-likeness (QED) is 0.237. The van der Waals surface area contributed by atoms with Crippen LogP contribution in [0.4, 0.5) is 0 Å². The van der Waals surface area contributed by atoms with Crippen molar-refractivity contribution in [3.05, 3.63) is 141 Å². The number of carboxylic acids is 3. The molecule has 0 unspecified atom stereocenters. The zero-order valence-corrected chi connectivity index (χ0v) is 26.7. The zero-order chi connectivity index (χ0) is 30.4. The minimum absolute atomic E-state index is 0. The summed E-state index contributed by atoms with van der Waals surface area (Å²) in [6, 6.07) is 30.7. The Hall–Kier alpha value is -3.98. The molecule has 0 amide bonds. The molecule has 0 aromatic heterocycles. The van der Waals surface area contributed by atoms with Crippen LogP contribution < -0.4 is 15.3 Å². The van der Waals surface area contributed by atoms with Crippen molar-refractivity contribution in [1.82, 2.24) is 0 Å². The van der Waals surface area contributed by atoms with Crippen molar-refractivity contribution in [2.45, 2.75) is 0 Å². The fourth-order valence-electron chi connectivity index (χ4n) is 4.40. The van der Waals surface area contributed by atoms with Crippen LogP contribution in [0.25, 0.3) is 32.3 Å². The maximum absolute atomic E-state index is 10.8. The molecule has 0 saturated carbocycles. The predicted molar refractivity (Wildman–Crippen MR) is 166 cm³/mol. The van der Waals surface area contributed by atoms with Crippen molar-refractivity contribution in [2.75, 3.05) is 0 Å². The van der Waals surface area contributed by atoms with E-state index in [0.29, 0.717) is 31.2 Å². The summed E-state index contributed by atoms with van der Waals surface area (Å²) in [4.78, 5) is 32.4. The first-order valence-corrected chi connectivity index (χ1v) is 13.4. The summed E-state index contributed by atoms with van der Waals surface area (Å²) in [7, 11) is 0. The molecule has 0 bridgehead atoms. The van der Waals surface area contributed by atoms with Gasteiger partial charge in [-0.05, 0) is 34.4 Å². The first kappa shape index (κ1) is 33.5. The normalized spacial score (nSPS) is 10.1. The number of aromatic carboxylic acids is 3. The largest absolute Gasteiger partial charge is 3.00 e. The number of halogens is 3. The molecule has 0 fully saturated rings. The Morgan fingerprint density at radius 1 is 0.395 bits per heavy atom. The molecular weight excluding hydrogens is 668 g/mol. The van der Waals surface area contributed by atoms with Gasteiger partial charge in [0.2, 0.25) is 0 Å². The van der Waals surface area contributed by atoms with Crippen LogP contribution in [0.1, 0.15) is 31.1 Å². The van der Waals surface area contributed by atoms with Crippen LogP contribution in [0, 0.1) is 0 Å². The molecule has 6 aromatic carbocycles. The van der Waals surface area contributed by atoms with Crippen LogP contribution in [0.15, 0.2) is 109 Å². The number of fused-ring (bicyclic) bond motifs is 3. The summed E-state index contributed by atoms with van der Waals surface area (Å²) >= 11 is 17.7. The number of benzene rings is 6. The van der Waals surface area contributed by atoms with Crippen molar-refractivity contribution < 1.29 is 29.7 Å². The molecule has 0 heterocycles. The van der Waals surface area contributed by atoms with Crippen LogP contribution in [0.5, 0.6) is 0 Å². The molecule has 0 saturated heterocycles. The van der Waals surface area contributed by atoms with Gasteiger partial charge >= 0.3 is 19.8 Å². The summed E-state index contributed by atoms with van der Waals surface area (Å²) < 4.78 is 0. The molecule has 6 rings (SSSR count). The average molecular weight is 687 g/mol. The fraction of sp³-hybridized carbons (Fsp3) is 0. The maximum atomic E-state index is 10.8. The Labute approximate surface area is 274 Å². The minimum atomic E-state index is -1.20. The molecule has 0 spiro atoms. The van der Waals surface area contributed by atoms with Crippen LogP contribution >= 0.6 is 34.8 Å². The molecule has 43 heavy (non-hydrogen) atoms. The van der Waals surface area contributed by atoms with Gasteiger partial charge in [-0.2, -0.15) is 0 Å². The third kappa shape index (κ3) is 7.70. The van der Waals surface area contributed by atoms with Crippen LogP contribution in [-0.2, 0) is 0 Å². The second-order valence-electron chi connectivity index (χ2n) is 8.79. The summed E-state index contributed by atoms with van der Waals surface area (Å²) in [5.41, 5.74) is 0.398. The van der Waals surface area contributed by atoms with Crippen LogP contribution in [0.2, 0.25) is 15.1 Å². The van der Waals surface area contributed by atoms with E-state index in [1.165, 1.54) is 18.2 Å². The molecule has 0 N–H and O–H groups in total. The van der Waals surface area contributed by atoms with Gasteiger partial charge in [0.05, 0.1) is 17.9 Å². The van der Waals surface area contributed by atoms with E-state index in [0.717, 1.165) is 16.2 Å². The van der Waals surface area contributed by atoms with Crippen LogP contribution in [0.3, 0.4) is 0 Å². The molecule has 0 radical (unpaired) electrons. The SMILES string of the molecule is O=C([O-])c1cccc2cccc(Cl)c12.O=C([O-])c1cccc2cccc(Cl)c12.O=C([O-])c1cccc2cccc(Cl)c12.[Ga+3]. The van der Waals surface area contributed by atoms with Gasteiger partial charge in [-0.25, -0.2) is 0 Å². The van der Waals surface area contributed by atoms with E-state index in [9.17, 15) is 29.7 Å². The monoisotopic (exact) mass is 684 g/mol. The molecule has 0 aliphatic carbocycles. The summed E-state index contributed by atoms with van der Waals surface area (Å²) in [6.07, 6.45) is 0. The smallest absolute Gasteiger partial charge is 0.545 e. The van der Waals surface area contributed by atoms with Gasteiger partial charge in [0.15, 0.2) is 0 Å². The van der Waals surface area contributed by atoms with Crippen molar-refractivity contribution in [3.8, 4) is 0 Å². The molecule has 6 nitrogen and oxygen atoms in total. The van der Waals surface area contributed by atoms with Crippen LogP contribution in [-0.4, -0.2) is 37.7 Å². The van der Waals surface area contributed by atoms with Gasteiger partial charge < -0.3 is 29.7 Å². The first-order chi connectivity index (χ1) is 20.1. The molecule has 0 aliphatic heterocycles. The topological polar surface area (TPSA) is 120 Å². The standard InChI is InChI=1S/3C11H7ClO2.Ga/c3*12-9-6-2-4-7-3-1-5-8(10(7)9)11(13)14;/h3*1-6H,(H,13,14);/q;;;+3/p-3. The molecule has 210 valence electrons. The van der Waals surface area contributed by atoms with Gasteiger partial charge in [-0.1, -0.05) is 126 Å². The molecule has 10 heteroatoms. The Morgan fingerprint density at radius 3 is 0.814 bits per heavy atom. The van der Waals surface area contributed by atoms with Gasteiger partial charge in [0.25, 0.3) is 0 Å². The fourth-order valence-corrected chi connectivity index (χ4v) is 5.25. The summed E-state index contributed by atoms with van der Waals surface area (Å²) in [5, 5.41) is 37.7. The third-order valence-corrected chi connectivity index (χ3v) is 7.17. The third-order valence-electron chi connectivity index (χ3n) is 6.22. The number of carbonyl (C=O) groups excluding carboxylic acids is 3. The van der Waals surface area contributed by atoms with Crippen molar-refractivity contribution in [3.63, 3.8) is 0 Å². The van der Waals surface area contributed by atoms with E-state index < -0.39 is 17.9 Å². The number of carbonyl (C=O) groups is 3. The molecule has 6 aromatic rings. The zero-order valence-electron chi connectivity index (χ0n) is 22.1. The van der Waals surface area contributed by atoms with E-state index in [1.54, 1.807) is 54.6 Å². The average Bonchev–Trinajstić information content (AvgIpc) is 2.97. The Kier molecular flexibility index (Phi) is 11.7. The van der Waals surface area contributed by atoms with Crippen molar-refractivity contribution in [1.29, 1.82) is 0 Å². The Bertz CT molecular complexity index is 1730. The van der Waals surface area contributed by atoms with E-state index >= 15 is 0 Å². The number of rotatable bonds is 3. The Morgan fingerprint density at radius 2 is 0.605 bits per heavy atom. The van der Waals surface area contributed by atoms with Gasteiger partial charge in [0.1, 0.15) is 0 Å². The first-order valence-electron chi connectivity index (χ1n) is 12.3. The van der Waals surface area contributed by atoms with E-state index in [1.807, 2.05) is 36.4 Å². The maximum Gasteiger partial charge on any atom is 3.00 e. The van der Waals surface area contributed by atoms with Gasteiger partial charge in [-0.15, -0.1) is 0 Å². The van der Waals surface area contributed by atoms with Crippen molar-refractivity contribution in [2.24, 2.45) is 0 Å². The van der Waals surface area contributed by atoms with E-state index in [2.05, 4.69) is 0 Å². The molecular formula is C33H18Cl3GaO6. The van der Waals surface area contributed by atoms with E-state index in [4.69, 9.17) is 34.8 Å². The summed E-state index contributed by atoms with van der Waals surface area (Å²) in [6.45, 7) is 0. The number of hydrogen-bond donors (Lipinski definition) is 0. The second-order valence-corrected chi connectivity index (χ2v) is 10.0. The minimum Gasteiger partial charge on any atom is -0.545 e. The second kappa shape index (κ2) is 15.0. The van der Waals surface area contributed by atoms with Crippen molar-refractivity contribution >= 4 is 105 Å². The predicted octanol–water partition coefficient (Wildman–Crippen LogP) is 5.19. The molecule has 0 aliphatic rings. The van der Waals surface area contributed by atoms with E-state index in [-0.39, 0.29) is 36.5 Å². The number of hydrogen-bond acceptors (Lipinski definition) is 6. The molecule has 0 atom stereocenters. The van der Waals surface area contributed by atoms with Gasteiger partial charge in [0, 0.05) is 47.9 Å². The van der Waals surface area contributed by atoms with Gasteiger partial charge in [-0.3, -0.25) is 0 Å². The Balaban J connectivity index is 0.000000175. The summed E-state index contributed by atoms with van der Waals surface area (Å²) in [5.74, 6) is -3.61. The number of carboxylic acid groups (broad SMARTS) is 3.